The van der Waals surface area contributed by atoms with Crippen molar-refractivity contribution in [2.45, 2.75) is 62.8 Å². The summed E-state index contributed by atoms with van der Waals surface area (Å²) < 4.78 is 5.50. The van der Waals surface area contributed by atoms with Crippen LogP contribution >= 0.6 is 0 Å². The van der Waals surface area contributed by atoms with Crippen molar-refractivity contribution in [3.63, 3.8) is 0 Å². The highest BCUT2D eigenvalue weighted by Crippen LogP contribution is 2.52. The van der Waals surface area contributed by atoms with E-state index in [9.17, 15) is 0 Å². The van der Waals surface area contributed by atoms with E-state index in [1.165, 1.54) is 25.7 Å². The van der Waals surface area contributed by atoms with Crippen LogP contribution in [0.1, 0.15) is 68.5 Å². The summed E-state index contributed by atoms with van der Waals surface area (Å²) in [6.07, 6.45) is 8.68. The van der Waals surface area contributed by atoms with Gasteiger partial charge in [-0.05, 0) is 50.4 Å². The minimum absolute atomic E-state index is 0.327. The monoisotopic (exact) mass is 247 g/mol. The molecule has 0 spiro atoms. The maximum Gasteiger partial charge on any atom is 0.229 e. The van der Waals surface area contributed by atoms with Crippen LogP contribution in [-0.2, 0) is 0 Å². The second-order valence-electron chi connectivity index (χ2n) is 6.54. The third-order valence-electron chi connectivity index (χ3n) is 5.35. The average molecular weight is 247 g/mol. The molecule has 4 nitrogen and oxygen atoms in total. The summed E-state index contributed by atoms with van der Waals surface area (Å²) in [5.74, 6) is 4.59. The normalized spacial score (nSPS) is 42.8. The fourth-order valence-electron chi connectivity index (χ4n) is 4.37. The van der Waals surface area contributed by atoms with Crippen molar-refractivity contribution in [1.82, 2.24) is 10.1 Å². The molecule has 3 fully saturated rings. The van der Waals surface area contributed by atoms with Crippen LogP contribution in [0.4, 0.5) is 0 Å². The zero-order valence-electron chi connectivity index (χ0n) is 10.7. The number of aromatic nitrogens is 2. The minimum atomic E-state index is 0.327. The lowest BCUT2D eigenvalue weighted by Crippen LogP contribution is -2.14. The molecular weight excluding hydrogens is 226 g/mol. The standard InChI is InChI=1S/C14H21N3O/c15-11-4-3-10(7-11)14-16-13(17-18-14)12-6-8-1-2-9(12)5-8/h8-12H,1-7,15H2. The molecule has 0 saturated heterocycles. The van der Waals surface area contributed by atoms with E-state index in [1.54, 1.807) is 0 Å². The van der Waals surface area contributed by atoms with Gasteiger partial charge in [-0.3, -0.25) is 0 Å². The molecule has 3 saturated carbocycles. The van der Waals surface area contributed by atoms with E-state index in [2.05, 4.69) is 5.16 Å². The van der Waals surface area contributed by atoms with Crippen molar-refractivity contribution in [1.29, 1.82) is 0 Å². The van der Waals surface area contributed by atoms with Gasteiger partial charge in [-0.2, -0.15) is 4.98 Å². The molecule has 1 aromatic rings. The first-order chi connectivity index (χ1) is 8.79. The molecule has 98 valence electrons. The highest BCUT2D eigenvalue weighted by molar-refractivity contribution is 5.08. The number of nitrogens with two attached hydrogens (primary N) is 1. The predicted octanol–water partition coefficient (Wildman–Crippen LogP) is 2.57. The molecule has 1 heterocycles. The Balaban J connectivity index is 1.52. The second-order valence-corrected chi connectivity index (χ2v) is 6.54. The van der Waals surface area contributed by atoms with Crippen molar-refractivity contribution in [3.05, 3.63) is 11.7 Å². The molecule has 0 aromatic carbocycles. The van der Waals surface area contributed by atoms with Gasteiger partial charge < -0.3 is 10.3 Å². The van der Waals surface area contributed by atoms with Crippen molar-refractivity contribution < 1.29 is 4.52 Å². The van der Waals surface area contributed by atoms with E-state index in [-0.39, 0.29) is 0 Å². The van der Waals surface area contributed by atoms with Crippen molar-refractivity contribution in [3.8, 4) is 0 Å². The Morgan fingerprint density at radius 3 is 2.67 bits per heavy atom. The average Bonchev–Trinajstić information content (AvgIpc) is 3.12. The molecule has 2 N–H and O–H groups in total. The van der Waals surface area contributed by atoms with Crippen LogP contribution in [0.2, 0.25) is 0 Å². The number of nitrogens with zero attached hydrogens (tertiary/aromatic N) is 2. The van der Waals surface area contributed by atoms with Crippen LogP contribution in [0.3, 0.4) is 0 Å². The number of hydrogen-bond acceptors (Lipinski definition) is 4. The summed E-state index contributed by atoms with van der Waals surface area (Å²) in [5, 5.41) is 4.26. The molecule has 4 rings (SSSR count). The number of fused-ring (bicyclic) bond motifs is 2. The summed E-state index contributed by atoms with van der Waals surface area (Å²) in [6.45, 7) is 0. The molecule has 3 aliphatic carbocycles. The van der Waals surface area contributed by atoms with Crippen molar-refractivity contribution >= 4 is 0 Å². The van der Waals surface area contributed by atoms with Gasteiger partial charge in [-0.25, -0.2) is 0 Å². The molecule has 18 heavy (non-hydrogen) atoms. The van der Waals surface area contributed by atoms with Gasteiger partial charge in [0.05, 0.1) is 0 Å². The first-order valence-corrected chi connectivity index (χ1v) is 7.38. The van der Waals surface area contributed by atoms with Gasteiger partial charge in [0.1, 0.15) is 0 Å². The molecule has 3 aliphatic rings. The van der Waals surface area contributed by atoms with E-state index in [1.807, 2.05) is 0 Å². The summed E-state index contributed by atoms with van der Waals surface area (Å²) >= 11 is 0. The van der Waals surface area contributed by atoms with Gasteiger partial charge in [0.15, 0.2) is 5.82 Å². The van der Waals surface area contributed by atoms with Gasteiger partial charge in [0.2, 0.25) is 5.89 Å². The van der Waals surface area contributed by atoms with Gasteiger partial charge in [-0.15, -0.1) is 0 Å². The van der Waals surface area contributed by atoms with E-state index < -0.39 is 0 Å². The lowest BCUT2D eigenvalue weighted by molar-refractivity contribution is 0.336. The predicted molar refractivity (Wildman–Crippen MR) is 67.1 cm³/mol. The molecule has 0 aliphatic heterocycles. The van der Waals surface area contributed by atoms with Crippen LogP contribution in [0, 0.1) is 11.8 Å². The Bertz CT molecular complexity index is 444. The van der Waals surface area contributed by atoms with Gasteiger partial charge in [-0.1, -0.05) is 11.6 Å². The highest BCUT2D eigenvalue weighted by atomic mass is 16.5. The highest BCUT2D eigenvalue weighted by Gasteiger charge is 2.42. The SMILES string of the molecule is NC1CCC(c2nc(C3CC4CCC3C4)no2)C1. The molecule has 1 aromatic heterocycles. The van der Waals surface area contributed by atoms with Crippen LogP contribution in [-0.4, -0.2) is 16.2 Å². The van der Waals surface area contributed by atoms with Gasteiger partial charge >= 0.3 is 0 Å². The largest absolute Gasteiger partial charge is 0.339 e. The Hall–Kier alpha value is -0.900. The third kappa shape index (κ3) is 1.69. The molecule has 2 bridgehead atoms. The molecule has 5 atom stereocenters. The first kappa shape index (κ1) is 11.0. The van der Waals surface area contributed by atoms with Crippen LogP contribution in [0.5, 0.6) is 0 Å². The smallest absolute Gasteiger partial charge is 0.229 e. The molecule has 0 amide bonds. The maximum absolute atomic E-state index is 5.95. The fraction of sp³-hybridized carbons (Fsp3) is 0.857. The lowest BCUT2D eigenvalue weighted by Gasteiger charge is -2.17. The van der Waals surface area contributed by atoms with Crippen molar-refractivity contribution in [2.75, 3.05) is 0 Å². The van der Waals surface area contributed by atoms with Gasteiger partial charge in [0.25, 0.3) is 0 Å². The quantitative estimate of drug-likeness (QED) is 0.872. The zero-order valence-corrected chi connectivity index (χ0v) is 10.7. The molecule has 5 unspecified atom stereocenters. The number of hydrogen-bond donors (Lipinski definition) is 1. The minimum Gasteiger partial charge on any atom is -0.339 e. The van der Waals surface area contributed by atoms with Crippen LogP contribution in [0.25, 0.3) is 0 Å². The van der Waals surface area contributed by atoms with Crippen molar-refractivity contribution in [2.24, 2.45) is 17.6 Å². The first-order valence-electron chi connectivity index (χ1n) is 7.38. The number of rotatable bonds is 2. The second kappa shape index (κ2) is 4.05. The van der Waals surface area contributed by atoms with E-state index in [4.69, 9.17) is 15.2 Å². The van der Waals surface area contributed by atoms with E-state index in [0.29, 0.717) is 17.9 Å². The Kier molecular flexibility index (Phi) is 2.47. The third-order valence-corrected chi connectivity index (χ3v) is 5.35. The Morgan fingerprint density at radius 2 is 2.00 bits per heavy atom. The molecular formula is C14H21N3O. The maximum atomic E-state index is 5.95. The summed E-state index contributed by atoms with van der Waals surface area (Å²) in [7, 11) is 0. The molecule has 0 radical (unpaired) electrons. The van der Waals surface area contributed by atoms with Crippen LogP contribution in [0.15, 0.2) is 4.52 Å². The van der Waals surface area contributed by atoms with E-state index in [0.717, 1.165) is 42.8 Å². The van der Waals surface area contributed by atoms with E-state index >= 15 is 0 Å². The zero-order chi connectivity index (χ0) is 12.1. The fourth-order valence-corrected chi connectivity index (χ4v) is 4.37. The Morgan fingerprint density at radius 1 is 1.06 bits per heavy atom. The van der Waals surface area contributed by atoms with Crippen LogP contribution < -0.4 is 5.73 Å². The van der Waals surface area contributed by atoms with Gasteiger partial charge in [0, 0.05) is 17.9 Å². The lowest BCUT2D eigenvalue weighted by atomic mass is 9.88. The molecule has 4 heteroatoms. The topological polar surface area (TPSA) is 64.9 Å². The summed E-state index contributed by atoms with van der Waals surface area (Å²) in [4.78, 5) is 4.69. The summed E-state index contributed by atoms with van der Waals surface area (Å²) in [6, 6.07) is 0.327. The Labute approximate surface area is 107 Å². The summed E-state index contributed by atoms with van der Waals surface area (Å²) in [5.41, 5.74) is 5.95.